The van der Waals surface area contributed by atoms with Crippen LogP contribution < -0.4 is 10.6 Å². The van der Waals surface area contributed by atoms with Gasteiger partial charge in [-0.05, 0) is 49.3 Å². The maximum Gasteiger partial charge on any atom is 0.238 e. The number of amides is 1. The Morgan fingerprint density at radius 3 is 3.00 bits per heavy atom. The molecule has 1 aliphatic carbocycles. The number of thioether (sulfide) groups is 1. The molecule has 0 heterocycles. The van der Waals surface area contributed by atoms with Crippen LogP contribution in [0.15, 0.2) is 29.2 Å². The highest BCUT2D eigenvalue weighted by Crippen LogP contribution is 2.27. The molecule has 0 radical (unpaired) electrons. The average molecular weight is 264 g/mol. The number of rotatable bonds is 7. The molecule has 1 aliphatic rings. The second-order valence-corrected chi connectivity index (χ2v) is 5.92. The molecule has 0 aromatic heterocycles. The van der Waals surface area contributed by atoms with E-state index in [4.69, 9.17) is 0 Å². The largest absolute Gasteiger partial charge is 0.325 e. The van der Waals surface area contributed by atoms with Crippen LogP contribution in [0, 0.1) is 5.92 Å². The zero-order valence-corrected chi connectivity index (χ0v) is 11.6. The van der Waals surface area contributed by atoms with Crippen molar-refractivity contribution < 1.29 is 4.79 Å². The molecule has 1 aromatic rings. The molecule has 98 valence electrons. The molecule has 2 N–H and O–H groups in total. The fraction of sp³-hybridized carbons (Fsp3) is 0.500. The molecule has 1 aromatic carbocycles. The van der Waals surface area contributed by atoms with Crippen LogP contribution in [-0.2, 0) is 4.79 Å². The van der Waals surface area contributed by atoms with Gasteiger partial charge >= 0.3 is 0 Å². The normalized spacial score (nSPS) is 14.5. The standard InChI is InChI=1S/C14H20N2OS/c1-2-18-13-5-3-4-12(8-13)16-14(17)10-15-9-11-6-7-11/h3-5,8,11,15H,2,6-7,9-10H2,1H3,(H,16,17). The fourth-order valence-corrected chi connectivity index (χ4v) is 2.47. The van der Waals surface area contributed by atoms with Crippen molar-refractivity contribution in [3.63, 3.8) is 0 Å². The van der Waals surface area contributed by atoms with Gasteiger partial charge in [0.15, 0.2) is 0 Å². The zero-order chi connectivity index (χ0) is 12.8. The van der Waals surface area contributed by atoms with E-state index in [1.165, 1.54) is 17.7 Å². The van der Waals surface area contributed by atoms with Gasteiger partial charge in [-0.2, -0.15) is 0 Å². The molecular formula is C14H20N2OS. The van der Waals surface area contributed by atoms with E-state index in [2.05, 4.69) is 23.6 Å². The van der Waals surface area contributed by atoms with E-state index >= 15 is 0 Å². The lowest BCUT2D eigenvalue weighted by molar-refractivity contribution is -0.115. The van der Waals surface area contributed by atoms with Gasteiger partial charge in [-0.3, -0.25) is 4.79 Å². The molecule has 1 fully saturated rings. The van der Waals surface area contributed by atoms with E-state index in [1.807, 2.05) is 18.2 Å². The molecule has 3 nitrogen and oxygen atoms in total. The van der Waals surface area contributed by atoms with Crippen molar-refractivity contribution in [2.75, 3.05) is 24.2 Å². The van der Waals surface area contributed by atoms with E-state index in [1.54, 1.807) is 11.8 Å². The summed E-state index contributed by atoms with van der Waals surface area (Å²) >= 11 is 1.78. The zero-order valence-electron chi connectivity index (χ0n) is 10.7. The van der Waals surface area contributed by atoms with E-state index < -0.39 is 0 Å². The summed E-state index contributed by atoms with van der Waals surface area (Å²) in [4.78, 5) is 12.9. The molecule has 0 spiro atoms. The van der Waals surface area contributed by atoms with Crippen LogP contribution in [0.1, 0.15) is 19.8 Å². The molecule has 1 amide bonds. The van der Waals surface area contributed by atoms with Gasteiger partial charge in [0.1, 0.15) is 0 Å². The van der Waals surface area contributed by atoms with Crippen molar-refractivity contribution in [3.8, 4) is 0 Å². The minimum absolute atomic E-state index is 0.0364. The van der Waals surface area contributed by atoms with Crippen LogP contribution in [0.5, 0.6) is 0 Å². The summed E-state index contributed by atoms with van der Waals surface area (Å²) < 4.78 is 0. The lowest BCUT2D eigenvalue weighted by atomic mass is 10.3. The van der Waals surface area contributed by atoms with Gasteiger partial charge in [0.25, 0.3) is 0 Å². The van der Waals surface area contributed by atoms with Crippen molar-refractivity contribution in [1.82, 2.24) is 5.32 Å². The molecule has 18 heavy (non-hydrogen) atoms. The minimum Gasteiger partial charge on any atom is -0.325 e. The number of nitrogens with one attached hydrogen (secondary N) is 2. The smallest absolute Gasteiger partial charge is 0.238 e. The summed E-state index contributed by atoms with van der Waals surface area (Å²) in [5.74, 6) is 1.89. The maximum absolute atomic E-state index is 11.7. The van der Waals surface area contributed by atoms with Crippen LogP contribution >= 0.6 is 11.8 Å². The molecule has 0 atom stereocenters. The van der Waals surface area contributed by atoms with Crippen molar-refractivity contribution in [2.24, 2.45) is 5.92 Å². The maximum atomic E-state index is 11.7. The van der Waals surface area contributed by atoms with E-state index in [0.29, 0.717) is 6.54 Å². The average Bonchev–Trinajstić information content (AvgIpc) is 3.14. The lowest BCUT2D eigenvalue weighted by Crippen LogP contribution is -2.29. The second-order valence-electron chi connectivity index (χ2n) is 4.58. The Balaban J connectivity index is 1.76. The Labute approximate surface area is 113 Å². The first-order chi connectivity index (χ1) is 8.78. The Morgan fingerprint density at radius 1 is 1.44 bits per heavy atom. The lowest BCUT2D eigenvalue weighted by Gasteiger charge is -2.07. The quantitative estimate of drug-likeness (QED) is 0.744. The Hall–Kier alpha value is -1.00. The highest BCUT2D eigenvalue weighted by Gasteiger charge is 2.20. The number of hydrogen-bond acceptors (Lipinski definition) is 3. The van der Waals surface area contributed by atoms with Crippen molar-refractivity contribution in [2.45, 2.75) is 24.7 Å². The van der Waals surface area contributed by atoms with Crippen LogP contribution in [0.2, 0.25) is 0 Å². The number of carbonyl (C=O) groups is 1. The fourth-order valence-electron chi connectivity index (χ4n) is 1.75. The highest BCUT2D eigenvalue weighted by molar-refractivity contribution is 7.99. The third kappa shape index (κ3) is 4.70. The summed E-state index contributed by atoms with van der Waals surface area (Å²) in [5, 5.41) is 6.11. The number of hydrogen-bond donors (Lipinski definition) is 2. The second kappa shape index (κ2) is 6.81. The molecule has 4 heteroatoms. The Bertz CT molecular complexity index is 405. The topological polar surface area (TPSA) is 41.1 Å². The van der Waals surface area contributed by atoms with Crippen LogP contribution in [-0.4, -0.2) is 24.7 Å². The van der Waals surface area contributed by atoms with Crippen LogP contribution in [0.3, 0.4) is 0 Å². The van der Waals surface area contributed by atoms with Gasteiger partial charge in [0.05, 0.1) is 6.54 Å². The van der Waals surface area contributed by atoms with Crippen molar-refractivity contribution in [1.29, 1.82) is 0 Å². The summed E-state index contributed by atoms with van der Waals surface area (Å²) in [6.45, 7) is 3.50. The van der Waals surface area contributed by atoms with Crippen molar-refractivity contribution >= 4 is 23.4 Å². The summed E-state index contributed by atoms with van der Waals surface area (Å²) in [5.41, 5.74) is 0.881. The number of carbonyl (C=O) groups excluding carboxylic acids is 1. The summed E-state index contributed by atoms with van der Waals surface area (Å²) in [6, 6.07) is 7.99. The first-order valence-electron chi connectivity index (χ1n) is 6.51. The van der Waals surface area contributed by atoms with Gasteiger partial charge in [-0.1, -0.05) is 13.0 Å². The number of anilines is 1. The van der Waals surface area contributed by atoms with Gasteiger partial charge in [-0.25, -0.2) is 0 Å². The van der Waals surface area contributed by atoms with Crippen molar-refractivity contribution in [3.05, 3.63) is 24.3 Å². The summed E-state index contributed by atoms with van der Waals surface area (Å²) in [6.07, 6.45) is 2.62. The first kappa shape index (κ1) is 13.4. The Morgan fingerprint density at radius 2 is 2.28 bits per heavy atom. The third-order valence-corrected chi connectivity index (χ3v) is 3.72. The Kier molecular flexibility index (Phi) is 5.08. The molecule has 0 unspecified atom stereocenters. The predicted octanol–water partition coefficient (Wildman–Crippen LogP) is 2.74. The van der Waals surface area contributed by atoms with E-state index in [9.17, 15) is 4.79 Å². The molecular weight excluding hydrogens is 244 g/mol. The first-order valence-corrected chi connectivity index (χ1v) is 7.50. The van der Waals surface area contributed by atoms with E-state index in [0.717, 1.165) is 23.9 Å². The van der Waals surface area contributed by atoms with E-state index in [-0.39, 0.29) is 5.91 Å². The molecule has 0 aliphatic heterocycles. The minimum atomic E-state index is 0.0364. The van der Waals surface area contributed by atoms with Gasteiger partial charge < -0.3 is 10.6 Å². The SMILES string of the molecule is CCSc1cccc(NC(=O)CNCC2CC2)c1. The number of benzene rings is 1. The predicted molar refractivity (Wildman–Crippen MR) is 77.1 cm³/mol. The third-order valence-electron chi connectivity index (χ3n) is 2.84. The molecule has 0 saturated heterocycles. The van der Waals surface area contributed by atoms with Gasteiger partial charge in [0.2, 0.25) is 5.91 Å². The summed E-state index contributed by atoms with van der Waals surface area (Å²) in [7, 11) is 0. The monoisotopic (exact) mass is 264 g/mol. The van der Waals surface area contributed by atoms with Crippen LogP contribution in [0.4, 0.5) is 5.69 Å². The molecule has 2 rings (SSSR count). The molecule has 0 bridgehead atoms. The van der Waals surface area contributed by atoms with Crippen LogP contribution in [0.25, 0.3) is 0 Å². The van der Waals surface area contributed by atoms with Gasteiger partial charge in [0, 0.05) is 10.6 Å². The highest BCUT2D eigenvalue weighted by atomic mass is 32.2. The molecule has 1 saturated carbocycles. The van der Waals surface area contributed by atoms with Gasteiger partial charge in [-0.15, -0.1) is 11.8 Å².